The van der Waals surface area contributed by atoms with E-state index >= 15 is 0 Å². The summed E-state index contributed by atoms with van der Waals surface area (Å²) >= 11 is 0. The number of hydrogen-bond donors (Lipinski definition) is 1. The number of nitrogens with one attached hydrogen (secondary N) is 1. The molecule has 0 aliphatic rings. The zero-order chi connectivity index (χ0) is 15.3. The molecule has 1 N–H and O–H groups in total. The number of aromatic amines is 1. The van der Waals surface area contributed by atoms with Crippen molar-refractivity contribution in [2.24, 2.45) is 0 Å². The summed E-state index contributed by atoms with van der Waals surface area (Å²) < 4.78 is 39.3. The van der Waals surface area contributed by atoms with Crippen molar-refractivity contribution in [3.05, 3.63) is 60.3 Å². The van der Waals surface area contributed by atoms with Crippen LogP contribution in [0.15, 0.2) is 54.7 Å². The van der Waals surface area contributed by atoms with E-state index in [0.29, 0.717) is 11.3 Å². The lowest BCUT2D eigenvalue weighted by atomic mass is 10.2. The lowest BCUT2D eigenvalue weighted by Gasteiger charge is -2.07. The molecule has 0 saturated heterocycles. The number of para-hydroxylation sites is 1. The Bertz CT molecular complexity index is 962. The molecule has 0 amide bonds. The van der Waals surface area contributed by atoms with Gasteiger partial charge in [0.25, 0.3) is 0 Å². The highest BCUT2D eigenvalue weighted by Crippen LogP contribution is 2.30. The van der Waals surface area contributed by atoms with Gasteiger partial charge in [-0.2, -0.15) is 13.2 Å². The summed E-state index contributed by atoms with van der Waals surface area (Å²) in [5.74, 6) is 0. The van der Waals surface area contributed by atoms with Gasteiger partial charge in [-0.05, 0) is 30.3 Å². The zero-order valence-corrected chi connectivity index (χ0v) is 11.2. The highest BCUT2D eigenvalue weighted by Gasteiger charge is 2.30. The first kappa shape index (κ1) is 12.9. The van der Waals surface area contributed by atoms with Gasteiger partial charge < -0.3 is 4.98 Å². The van der Waals surface area contributed by atoms with Crippen LogP contribution in [-0.4, -0.2) is 14.8 Å². The van der Waals surface area contributed by atoms with Gasteiger partial charge >= 0.3 is 6.18 Å². The van der Waals surface area contributed by atoms with E-state index in [2.05, 4.69) is 10.1 Å². The molecule has 0 unspecified atom stereocenters. The SMILES string of the molecule is FC(F)(F)c1ccc(-n2cc3c(n2)[nH]c2ccccc23)cc1. The first-order valence-corrected chi connectivity index (χ1v) is 6.66. The molecule has 0 atom stereocenters. The van der Waals surface area contributed by atoms with Crippen LogP contribution in [0.25, 0.3) is 27.6 Å². The number of halogens is 3. The topological polar surface area (TPSA) is 33.6 Å². The minimum Gasteiger partial charge on any atom is -0.338 e. The van der Waals surface area contributed by atoms with E-state index in [4.69, 9.17) is 0 Å². The maximum Gasteiger partial charge on any atom is 0.416 e. The number of benzene rings is 2. The Balaban J connectivity index is 1.81. The average Bonchev–Trinajstić information content (AvgIpc) is 3.04. The summed E-state index contributed by atoms with van der Waals surface area (Å²) in [5.41, 5.74) is 1.61. The van der Waals surface area contributed by atoms with Crippen molar-refractivity contribution in [3.63, 3.8) is 0 Å². The largest absolute Gasteiger partial charge is 0.416 e. The Hall–Kier alpha value is -2.76. The molecule has 0 aliphatic carbocycles. The Morgan fingerprint density at radius 2 is 1.64 bits per heavy atom. The van der Waals surface area contributed by atoms with Crippen molar-refractivity contribution < 1.29 is 13.2 Å². The first-order chi connectivity index (χ1) is 10.5. The van der Waals surface area contributed by atoms with E-state index in [1.807, 2.05) is 30.5 Å². The average molecular weight is 301 g/mol. The third kappa shape index (κ3) is 1.95. The Kier molecular flexibility index (Phi) is 2.57. The van der Waals surface area contributed by atoms with Crippen molar-refractivity contribution in [1.29, 1.82) is 0 Å². The molecular formula is C16H10F3N3. The molecule has 3 nitrogen and oxygen atoms in total. The minimum absolute atomic E-state index is 0.585. The quantitative estimate of drug-likeness (QED) is 0.551. The second-order valence-corrected chi connectivity index (χ2v) is 5.05. The molecule has 0 bridgehead atoms. The number of H-pyrrole nitrogens is 1. The maximum atomic E-state index is 12.6. The van der Waals surface area contributed by atoms with E-state index < -0.39 is 11.7 Å². The number of nitrogens with zero attached hydrogens (tertiary/aromatic N) is 2. The molecule has 110 valence electrons. The standard InChI is InChI=1S/C16H10F3N3/c17-16(18,19)10-5-7-11(8-6-10)22-9-13-12-3-1-2-4-14(12)20-15(13)21-22/h1-9H,(H,20,21). The van der Waals surface area contributed by atoms with Crippen LogP contribution in [0.4, 0.5) is 13.2 Å². The predicted molar refractivity (Wildman–Crippen MR) is 77.9 cm³/mol. The van der Waals surface area contributed by atoms with E-state index in [1.54, 1.807) is 4.68 Å². The van der Waals surface area contributed by atoms with Gasteiger partial charge in [-0.15, -0.1) is 5.10 Å². The normalized spacial score (nSPS) is 12.3. The highest BCUT2D eigenvalue weighted by atomic mass is 19.4. The van der Waals surface area contributed by atoms with Crippen molar-refractivity contribution in [2.45, 2.75) is 6.18 Å². The number of fused-ring (bicyclic) bond motifs is 3. The van der Waals surface area contributed by atoms with Crippen LogP contribution in [0.2, 0.25) is 0 Å². The monoisotopic (exact) mass is 301 g/mol. The summed E-state index contributed by atoms with van der Waals surface area (Å²) in [6.07, 6.45) is -2.51. The summed E-state index contributed by atoms with van der Waals surface area (Å²) in [6, 6.07) is 12.7. The molecule has 0 spiro atoms. The lowest BCUT2D eigenvalue weighted by Crippen LogP contribution is -2.05. The zero-order valence-electron chi connectivity index (χ0n) is 11.2. The summed E-state index contributed by atoms with van der Waals surface area (Å²) in [7, 11) is 0. The highest BCUT2D eigenvalue weighted by molar-refractivity contribution is 6.05. The molecule has 0 saturated carbocycles. The maximum absolute atomic E-state index is 12.6. The fourth-order valence-electron chi connectivity index (χ4n) is 2.55. The third-order valence-corrected chi connectivity index (χ3v) is 3.64. The molecule has 4 aromatic rings. The first-order valence-electron chi connectivity index (χ1n) is 6.66. The lowest BCUT2D eigenvalue weighted by molar-refractivity contribution is -0.137. The van der Waals surface area contributed by atoms with Crippen LogP contribution >= 0.6 is 0 Å². The summed E-state index contributed by atoms with van der Waals surface area (Å²) in [4.78, 5) is 3.19. The Morgan fingerprint density at radius 3 is 2.36 bits per heavy atom. The van der Waals surface area contributed by atoms with Crippen molar-refractivity contribution >= 4 is 21.9 Å². The van der Waals surface area contributed by atoms with Gasteiger partial charge in [0.2, 0.25) is 0 Å². The molecule has 0 aliphatic heterocycles. The molecule has 0 radical (unpaired) electrons. The summed E-state index contributed by atoms with van der Waals surface area (Å²) in [5, 5.41) is 6.37. The summed E-state index contributed by atoms with van der Waals surface area (Å²) in [6.45, 7) is 0. The molecule has 2 heterocycles. The van der Waals surface area contributed by atoms with Crippen LogP contribution in [0, 0.1) is 0 Å². The van der Waals surface area contributed by atoms with Crippen LogP contribution < -0.4 is 0 Å². The fourth-order valence-corrected chi connectivity index (χ4v) is 2.55. The Labute approximate surface area is 123 Å². The molecular weight excluding hydrogens is 291 g/mol. The van der Waals surface area contributed by atoms with Crippen LogP contribution in [0.5, 0.6) is 0 Å². The van der Waals surface area contributed by atoms with Crippen LogP contribution in [0.3, 0.4) is 0 Å². The molecule has 2 aromatic carbocycles. The van der Waals surface area contributed by atoms with E-state index in [0.717, 1.165) is 28.4 Å². The predicted octanol–water partition coefficient (Wildman–Crippen LogP) is 4.53. The molecule has 22 heavy (non-hydrogen) atoms. The second-order valence-electron chi connectivity index (χ2n) is 5.05. The van der Waals surface area contributed by atoms with Gasteiger partial charge in [0.15, 0.2) is 5.65 Å². The van der Waals surface area contributed by atoms with Crippen LogP contribution in [-0.2, 0) is 6.18 Å². The van der Waals surface area contributed by atoms with Gasteiger partial charge in [0.1, 0.15) is 0 Å². The van der Waals surface area contributed by atoms with E-state index in [1.165, 1.54) is 12.1 Å². The van der Waals surface area contributed by atoms with Gasteiger partial charge in [-0.25, -0.2) is 4.68 Å². The van der Waals surface area contributed by atoms with Crippen LogP contribution in [0.1, 0.15) is 5.56 Å². The second kappa shape index (κ2) is 4.37. The minimum atomic E-state index is -4.33. The Morgan fingerprint density at radius 1 is 0.909 bits per heavy atom. The smallest absolute Gasteiger partial charge is 0.338 e. The van der Waals surface area contributed by atoms with Gasteiger partial charge in [-0.3, -0.25) is 0 Å². The van der Waals surface area contributed by atoms with E-state index in [9.17, 15) is 13.2 Å². The fraction of sp³-hybridized carbons (Fsp3) is 0.0625. The third-order valence-electron chi connectivity index (χ3n) is 3.64. The number of rotatable bonds is 1. The number of hydrogen-bond acceptors (Lipinski definition) is 1. The molecule has 6 heteroatoms. The van der Waals surface area contributed by atoms with Gasteiger partial charge in [-0.1, -0.05) is 18.2 Å². The number of alkyl halides is 3. The molecule has 0 fully saturated rings. The van der Waals surface area contributed by atoms with Crippen molar-refractivity contribution in [1.82, 2.24) is 14.8 Å². The van der Waals surface area contributed by atoms with Gasteiger partial charge in [0, 0.05) is 22.5 Å². The van der Waals surface area contributed by atoms with Gasteiger partial charge in [0.05, 0.1) is 11.3 Å². The molecule has 2 aromatic heterocycles. The van der Waals surface area contributed by atoms with E-state index in [-0.39, 0.29) is 0 Å². The van der Waals surface area contributed by atoms with Crippen molar-refractivity contribution in [2.75, 3.05) is 0 Å². The number of aromatic nitrogens is 3. The van der Waals surface area contributed by atoms with Crippen molar-refractivity contribution in [3.8, 4) is 5.69 Å². The molecule has 4 rings (SSSR count).